The van der Waals surface area contributed by atoms with Gasteiger partial charge in [0.25, 0.3) is 5.91 Å². The maximum atomic E-state index is 12.3. The Balaban J connectivity index is 1.75. The predicted molar refractivity (Wildman–Crippen MR) is 99.2 cm³/mol. The molecule has 0 spiro atoms. The fourth-order valence-corrected chi connectivity index (χ4v) is 2.56. The van der Waals surface area contributed by atoms with Gasteiger partial charge in [0.05, 0.1) is 7.11 Å². The highest BCUT2D eigenvalue weighted by Gasteiger charge is 2.22. The van der Waals surface area contributed by atoms with Crippen molar-refractivity contribution < 1.29 is 28.7 Å². The summed E-state index contributed by atoms with van der Waals surface area (Å²) in [7, 11) is 1.48. The van der Waals surface area contributed by atoms with Gasteiger partial charge in [0, 0.05) is 17.9 Å². The molecule has 1 amide bonds. The number of amides is 1. The van der Waals surface area contributed by atoms with Gasteiger partial charge in [-0.25, -0.2) is 15.1 Å². The van der Waals surface area contributed by atoms with Crippen molar-refractivity contribution in [2.24, 2.45) is 0 Å². The molecule has 0 bridgehead atoms. The van der Waals surface area contributed by atoms with Gasteiger partial charge in [-0.15, -0.1) is 0 Å². The Morgan fingerprint density at radius 2 is 1.89 bits per heavy atom. The van der Waals surface area contributed by atoms with Crippen LogP contribution >= 0.6 is 0 Å². The normalized spacial score (nSPS) is 11.8. The fraction of sp³-hybridized carbons (Fsp3) is 0.150. The van der Waals surface area contributed by atoms with Crippen LogP contribution in [0.25, 0.3) is 11.0 Å². The molecule has 0 saturated carbocycles. The second-order valence-electron chi connectivity index (χ2n) is 5.92. The SMILES string of the molecule is COc1ccc2cc(C(=O)NOC(Cc3ccccc3)C(=O)O)c(=O)oc2c1. The van der Waals surface area contributed by atoms with Crippen molar-refractivity contribution >= 4 is 22.8 Å². The minimum atomic E-state index is -1.32. The van der Waals surface area contributed by atoms with Crippen LogP contribution in [0.15, 0.2) is 63.8 Å². The van der Waals surface area contributed by atoms with Gasteiger partial charge in [0.1, 0.15) is 16.9 Å². The maximum absolute atomic E-state index is 12.3. The summed E-state index contributed by atoms with van der Waals surface area (Å²) in [5, 5.41) is 9.80. The zero-order valence-corrected chi connectivity index (χ0v) is 14.9. The number of carboxylic acids is 1. The number of benzene rings is 2. The highest BCUT2D eigenvalue weighted by molar-refractivity contribution is 5.96. The second-order valence-corrected chi connectivity index (χ2v) is 5.92. The lowest BCUT2D eigenvalue weighted by Crippen LogP contribution is -2.37. The van der Waals surface area contributed by atoms with E-state index in [0.29, 0.717) is 11.1 Å². The monoisotopic (exact) mass is 383 g/mol. The van der Waals surface area contributed by atoms with Crippen molar-refractivity contribution in [3.05, 3.63) is 76.1 Å². The first-order valence-electron chi connectivity index (χ1n) is 8.32. The lowest BCUT2D eigenvalue weighted by atomic mass is 10.1. The van der Waals surface area contributed by atoms with Gasteiger partial charge >= 0.3 is 11.6 Å². The largest absolute Gasteiger partial charge is 0.497 e. The Labute approximate surface area is 159 Å². The highest BCUT2D eigenvalue weighted by atomic mass is 16.7. The summed E-state index contributed by atoms with van der Waals surface area (Å²) in [5.41, 5.74) is 1.83. The summed E-state index contributed by atoms with van der Waals surface area (Å²) in [6.07, 6.45) is -1.27. The number of rotatable bonds is 7. The molecule has 3 rings (SSSR count). The van der Waals surface area contributed by atoms with Gasteiger partial charge in [0.15, 0.2) is 6.10 Å². The van der Waals surface area contributed by atoms with E-state index in [9.17, 15) is 19.5 Å². The van der Waals surface area contributed by atoms with Gasteiger partial charge in [0.2, 0.25) is 0 Å². The van der Waals surface area contributed by atoms with Crippen molar-refractivity contribution in [2.75, 3.05) is 7.11 Å². The fourth-order valence-electron chi connectivity index (χ4n) is 2.56. The second kappa shape index (κ2) is 8.36. The van der Waals surface area contributed by atoms with Crippen molar-refractivity contribution in [3.8, 4) is 5.75 Å². The van der Waals surface area contributed by atoms with Crippen molar-refractivity contribution in [1.29, 1.82) is 0 Å². The molecule has 2 aromatic carbocycles. The smallest absolute Gasteiger partial charge is 0.349 e. The number of aliphatic carboxylic acids is 1. The molecule has 3 aromatic rings. The van der Waals surface area contributed by atoms with Gasteiger partial charge in [-0.3, -0.25) is 9.63 Å². The number of carbonyl (C=O) groups excluding carboxylic acids is 1. The molecule has 0 aliphatic rings. The average Bonchev–Trinajstić information content (AvgIpc) is 2.70. The van der Waals surface area contributed by atoms with Gasteiger partial charge in [-0.05, 0) is 23.8 Å². The topological polar surface area (TPSA) is 115 Å². The third-order valence-electron chi connectivity index (χ3n) is 4.02. The minimum Gasteiger partial charge on any atom is -0.497 e. The number of carboxylic acid groups (broad SMARTS) is 1. The number of hydrogen-bond acceptors (Lipinski definition) is 6. The summed E-state index contributed by atoms with van der Waals surface area (Å²) in [6, 6.07) is 15.0. The number of methoxy groups -OCH3 is 1. The van der Waals surface area contributed by atoms with E-state index in [1.54, 1.807) is 42.5 Å². The quantitative estimate of drug-likeness (QED) is 0.474. The van der Waals surface area contributed by atoms with Crippen molar-refractivity contribution in [2.45, 2.75) is 12.5 Å². The maximum Gasteiger partial charge on any atom is 0.349 e. The summed E-state index contributed by atoms with van der Waals surface area (Å²) in [4.78, 5) is 40.8. The molecule has 1 aromatic heterocycles. The van der Waals surface area contributed by atoms with Crippen LogP contribution in [0.2, 0.25) is 0 Å². The number of nitrogens with one attached hydrogen (secondary N) is 1. The molecule has 1 unspecified atom stereocenters. The molecule has 28 heavy (non-hydrogen) atoms. The van der Waals surface area contributed by atoms with Crippen molar-refractivity contribution in [3.63, 3.8) is 0 Å². The summed E-state index contributed by atoms with van der Waals surface area (Å²) >= 11 is 0. The number of hydrogen-bond donors (Lipinski definition) is 2. The zero-order valence-electron chi connectivity index (χ0n) is 14.9. The molecular weight excluding hydrogens is 366 g/mol. The van der Waals surface area contributed by atoms with Crippen LogP contribution in [-0.2, 0) is 16.1 Å². The van der Waals surface area contributed by atoms with E-state index in [1.165, 1.54) is 19.2 Å². The number of hydroxylamine groups is 1. The summed E-state index contributed by atoms with van der Waals surface area (Å²) in [5.74, 6) is -1.64. The van der Waals surface area contributed by atoms with Crippen LogP contribution in [0.3, 0.4) is 0 Å². The van der Waals surface area contributed by atoms with E-state index in [-0.39, 0.29) is 17.6 Å². The Morgan fingerprint density at radius 1 is 1.14 bits per heavy atom. The van der Waals surface area contributed by atoms with Crippen LogP contribution in [0.5, 0.6) is 5.75 Å². The highest BCUT2D eigenvalue weighted by Crippen LogP contribution is 2.20. The first kappa shape index (κ1) is 19.1. The molecule has 0 fully saturated rings. The van der Waals surface area contributed by atoms with Gasteiger partial charge in [-0.2, -0.15) is 0 Å². The molecule has 8 nitrogen and oxygen atoms in total. The summed E-state index contributed by atoms with van der Waals surface area (Å²) in [6.45, 7) is 0. The molecule has 144 valence electrons. The van der Waals surface area contributed by atoms with Crippen LogP contribution in [0.1, 0.15) is 15.9 Å². The lowest BCUT2D eigenvalue weighted by molar-refractivity contribution is -0.153. The standard InChI is InChI=1S/C20H17NO7/c1-26-14-8-7-13-10-15(20(25)27-16(13)11-14)18(22)21-28-17(19(23)24)9-12-5-3-2-4-6-12/h2-8,10-11,17H,9H2,1H3,(H,21,22)(H,23,24). The van der Waals surface area contributed by atoms with Crippen LogP contribution < -0.4 is 15.8 Å². The molecular formula is C20H17NO7. The number of fused-ring (bicyclic) bond motifs is 1. The van der Waals surface area contributed by atoms with Crippen molar-refractivity contribution in [1.82, 2.24) is 5.48 Å². The van der Waals surface area contributed by atoms with E-state index in [1.807, 2.05) is 5.48 Å². The molecule has 2 N–H and O–H groups in total. The van der Waals surface area contributed by atoms with E-state index in [4.69, 9.17) is 14.0 Å². The van der Waals surface area contributed by atoms with E-state index in [0.717, 1.165) is 5.56 Å². The lowest BCUT2D eigenvalue weighted by Gasteiger charge is -2.13. The minimum absolute atomic E-state index is 0.0442. The third-order valence-corrected chi connectivity index (χ3v) is 4.02. The van der Waals surface area contributed by atoms with E-state index >= 15 is 0 Å². The van der Waals surface area contributed by atoms with Gasteiger partial charge < -0.3 is 14.3 Å². The van der Waals surface area contributed by atoms with Crippen LogP contribution in [0.4, 0.5) is 0 Å². The van der Waals surface area contributed by atoms with Crippen LogP contribution in [0, 0.1) is 0 Å². The van der Waals surface area contributed by atoms with E-state index in [2.05, 4.69) is 0 Å². The molecule has 0 aliphatic heterocycles. The van der Waals surface area contributed by atoms with Gasteiger partial charge in [-0.1, -0.05) is 30.3 Å². The Morgan fingerprint density at radius 3 is 2.57 bits per heavy atom. The average molecular weight is 383 g/mol. The predicted octanol–water partition coefficient (Wildman–Crippen LogP) is 2.16. The Hall–Kier alpha value is -3.65. The molecule has 0 radical (unpaired) electrons. The van der Waals surface area contributed by atoms with Crippen LogP contribution in [-0.4, -0.2) is 30.2 Å². The summed E-state index contributed by atoms with van der Waals surface area (Å²) < 4.78 is 10.2. The molecule has 1 atom stereocenters. The Kier molecular flexibility index (Phi) is 5.71. The molecule has 0 saturated heterocycles. The van der Waals surface area contributed by atoms with E-state index < -0.39 is 23.6 Å². The third kappa shape index (κ3) is 4.36. The first-order valence-corrected chi connectivity index (χ1v) is 8.32. The first-order chi connectivity index (χ1) is 13.5. The zero-order chi connectivity index (χ0) is 20.1. The number of ether oxygens (including phenoxy) is 1. The Bertz CT molecular complexity index is 1060. The molecule has 8 heteroatoms. The molecule has 1 heterocycles. The molecule has 0 aliphatic carbocycles. The number of carbonyl (C=O) groups is 2.